The van der Waals surface area contributed by atoms with Crippen molar-refractivity contribution in [2.24, 2.45) is 0 Å². The van der Waals surface area contributed by atoms with Crippen LogP contribution in [0.25, 0.3) is 0 Å². The number of benzene rings is 2. The van der Waals surface area contributed by atoms with Crippen molar-refractivity contribution in [2.45, 2.75) is 38.8 Å². The van der Waals surface area contributed by atoms with Crippen LogP contribution in [0.2, 0.25) is 0 Å². The van der Waals surface area contributed by atoms with E-state index in [-0.39, 0.29) is 11.8 Å². The van der Waals surface area contributed by atoms with Crippen LogP contribution >= 0.6 is 0 Å². The fourth-order valence-corrected chi connectivity index (χ4v) is 4.56. The summed E-state index contributed by atoms with van der Waals surface area (Å²) in [6, 6.07) is 17.9. The van der Waals surface area contributed by atoms with E-state index in [0.29, 0.717) is 26.1 Å². The molecule has 0 radical (unpaired) electrons. The molecule has 0 bridgehead atoms. The molecule has 2 heterocycles. The van der Waals surface area contributed by atoms with Crippen molar-refractivity contribution in [3.63, 3.8) is 0 Å². The van der Waals surface area contributed by atoms with Gasteiger partial charge in [0.25, 0.3) is 0 Å². The van der Waals surface area contributed by atoms with E-state index in [2.05, 4.69) is 36.1 Å². The highest BCUT2D eigenvalue weighted by Crippen LogP contribution is 2.28. The summed E-state index contributed by atoms with van der Waals surface area (Å²) in [5.41, 5.74) is 3.51. The monoisotopic (exact) mass is 405 g/mol. The summed E-state index contributed by atoms with van der Waals surface area (Å²) in [7, 11) is 0. The minimum absolute atomic E-state index is 0.0617. The van der Waals surface area contributed by atoms with Crippen molar-refractivity contribution in [1.82, 2.24) is 14.7 Å². The van der Waals surface area contributed by atoms with Gasteiger partial charge in [-0.1, -0.05) is 60.2 Å². The van der Waals surface area contributed by atoms with Crippen LogP contribution in [0, 0.1) is 6.92 Å². The van der Waals surface area contributed by atoms with Crippen molar-refractivity contribution >= 4 is 11.8 Å². The van der Waals surface area contributed by atoms with Crippen LogP contribution in [0.1, 0.15) is 42.0 Å². The topological polar surface area (TPSA) is 43.9 Å². The largest absolute Gasteiger partial charge is 0.338 e. The van der Waals surface area contributed by atoms with Crippen LogP contribution in [-0.2, 0) is 16.1 Å². The number of rotatable bonds is 5. The minimum Gasteiger partial charge on any atom is -0.338 e. The standard InChI is InChI=1S/C25H31N3O2/c1-20-8-7-9-21(18-20)19-26-14-16-27(17-15-26)25(30)24(22-10-3-2-4-11-22)28-13-6-5-12-23(28)29/h2-4,7-11,18,24H,5-6,12-17,19H2,1H3. The minimum atomic E-state index is -0.498. The van der Waals surface area contributed by atoms with E-state index in [1.165, 1.54) is 11.1 Å². The molecule has 0 spiro atoms. The summed E-state index contributed by atoms with van der Waals surface area (Å²) in [5.74, 6) is 0.160. The average Bonchev–Trinajstić information content (AvgIpc) is 2.76. The number of hydrogen-bond donors (Lipinski definition) is 0. The Bertz CT molecular complexity index is 875. The Kier molecular flexibility index (Phi) is 6.48. The fraction of sp³-hybridized carbons (Fsp3) is 0.440. The van der Waals surface area contributed by atoms with Gasteiger partial charge in [0.15, 0.2) is 0 Å². The van der Waals surface area contributed by atoms with Gasteiger partial charge in [0.1, 0.15) is 6.04 Å². The zero-order valence-corrected chi connectivity index (χ0v) is 17.8. The number of likely N-dealkylation sites (tertiary alicyclic amines) is 1. The Morgan fingerprint density at radius 1 is 0.933 bits per heavy atom. The molecular formula is C25H31N3O2. The highest BCUT2D eigenvalue weighted by Gasteiger charge is 2.36. The highest BCUT2D eigenvalue weighted by atomic mass is 16.2. The zero-order chi connectivity index (χ0) is 20.9. The molecule has 2 fully saturated rings. The van der Waals surface area contributed by atoms with Crippen LogP contribution in [-0.4, -0.2) is 59.2 Å². The van der Waals surface area contributed by atoms with Crippen LogP contribution in [0.5, 0.6) is 0 Å². The molecule has 158 valence electrons. The Hall–Kier alpha value is -2.66. The van der Waals surface area contributed by atoms with Gasteiger partial charge in [-0.05, 0) is 30.9 Å². The van der Waals surface area contributed by atoms with Gasteiger partial charge >= 0.3 is 0 Å². The third kappa shape index (κ3) is 4.73. The molecule has 2 aliphatic rings. The summed E-state index contributed by atoms with van der Waals surface area (Å²) < 4.78 is 0. The molecule has 0 saturated carbocycles. The fourth-order valence-electron chi connectivity index (χ4n) is 4.56. The maximum Gasteiger partial charge on any atom is 0.250 e. The summed E-state index contributed by atoms with van der Waals surface area (Å²) in [4.78, 5) is 32.4. The molecule has 1 unspecified atom stereocenters. The van der Waals surface area contributed by atoms with Crippen LogP contribution < -0.4 is 0 Å². The van der Waals surface area contributed by atoms with Crippen LogP contribution in [0.15, 0.2) is 54.6 Å². The quantitative estimate of drug-likeness (QED) is 0.766. The van der Waals surface area contributed by atoms with E-state index in [9.17, 15) is 9.59 Å². The first kappa shape index (κ1) is 20.6. The molecular weight excluding hydrogens is 374 g/mol. The second-order valence-corrected chi connectivity index (χ2v) is 8.45. The Balaban J connectivity index is 1.44. The molecule has 30 heavy (non-hydrogen) atoms. The third-order valence-corrected chi connectivity index (χ3v) is 6.19. The van der Waals surface area contributed by atoms with Crippen molar-refractivity contribution in [3.8, 4) is 0 Å². The van der Waals surface area contributed by atoms with E-state index >= 15 is 0 Å². The molecule has 5 nitrogen and oxygen atoms in total. The highest BCUT2D eigenvalue weighted by molar-refractivity contribution is 5.89. The maximum atomic E-state index is 13.6. The molecule has 0 aliphatic carbocycles. The summed E-state index contributed by atoms with van der Waals surface area (Å²) in [6.07, 6.45) is 2.43. The molecule has 1 atom stereocenters. The first-order chi connectivity index (χ1) is 14.6. The normalized spacial score (nSPS) is 19.0. The van der Waals surface area contributed by atoms with Gasteiger partial charge in [-0.25, -0.2) is 0 Å². The lowest BCUT2D eigenvalue weighted by Crippen LogP contribution is -2.53. The van der Waals surface area contributed by atoms with Crippen LogP contribution in [0.4, 0.5) is 0 Å². The lowest BCUT2D eigenvalue weighted by atomic mass is 9.99. The van der Waals surface area contributed by atoms with Gasteiger partial charge in [0.05, 0.1) is 0 Å². The Labute approximate surface area is 179 Å². The molecule has 2 amide bonds. The first-order valence-corrected chi connectivity index (χ1v) is 11.0. The van der Waals surface area contributed by atoms with Gasteiger partial charge < -0.3 is 9.80 Å². The predicted octanol–water partition coefficient (Wildman–Crippen LogP) is 3.39. The van der Waals surface area contributed by atoms with E-state index in [1.54, 1.807) is 4.90 Å². The van der Waals surface area contributed by atoms with Gasteiger partial charge in [0.2, 0.25) is 11.8 Å². The van der Waals surface area contributed by atoms with E-state index < -0.39 is 6.04 Å². The molecule has 2 aromatic rings. The number of carbonyl (C=O) groups excluding carboxylic acids is 2. The summed E-state index contributed by atoms with van der Waals surface area (Å²) >= 11 is 0. The number of piperazine rings is 1. The molecule has 2 saturated heterocycles. The number of piperidine rings is 1. The Morgan fingerprint density at radius 3 is 2.40 bits per heavy atom. The lowest BCUT2D eigenvalue weighted by Gasteiger charge is -2.40. The first-order valence-electron chi connectivity index (χ1n) is 11.0. The molecule has 0 aromatic heterocycles. The lowest BCUT2D eigenvalue weighted by molar-refractivity contribution is -0.148. The van der Waals surface area contributed by atoms with Gasteiger partial charge in [-0.15, -0.1) is 0 Å². The van der Waals surface area contributed by atoms with Gasteiger partial charge in [-0.2, -0.15) is 0 Å². The number of nitrogens with zero attached hydrogens (tertiary/aromatic N) is 3. The van der Waals surface area contributed by atoms with Crippen molar-refractivity contribution in [3.05, 3.63) is 71.3 Å². The van der Waals surface area contributed by atoms with Crippen molar-refractivity contribution < 1.29 is 9.59 Å². The number of hydrogen-bond acceptors (Lipinski definition) is 3. The predicted molar refractivity (Wildman–Crippen MR) is 118 cm³/mol. The zero-order valence-electron chi connectivity index (χ0n) is 17.8. The van der Waals surface area contributed by atoms with Crippen LogP contribution in [0.3, 0.4) is 0 Å². The maximum absolute atomic E-state index is 13.6. The van der Waals surface area contributed by atoms with Gasteiger partial charge in [0, 0.05) is 45.7 Å². The van der Waals surface area contributed by atoms with Crippen molar-refractivity contribution in [1.29, 1.82) is 0 Å². The molecule has 5 heteroatoms. The van der Waals surface area contributed by atoms with E-state index in [0.717, 1.165) is 38.0 Å². The summed E-state index contributed by atoms with van der Waals surface area (Å²) in [6.45, 7) is 6.82. The SMILES string of the molecule is Cc1cccc(CN2CCN(C(=O)C(c3ccccc3)N3CCCCC3=O)CC2)c1. The average molecular weight is 406 g/mol. The molecule has 0 N–H and O–H groups in total. The number of aryl methyl sites for hydroxylation is 1. The molecule has 2 aliphatic heterocycles. The third-order valence-electron chi connectivity index (χ3n) is 6.19. The van der Waals surface area contributed by atoms with E-state index in [1.807, 2.05) is 35.2 Å². The smallest absolute Gasteiger partial charge is 0.250 e. The molecule has 2 aromatic carbocycles. The number of amides is 2. The Morgan fingerprint density at radius 2 is 1.70 bits per heavy atom. The second kappa shape index (κ2) is 9.43. The summed E-state index contributed by atoms with van der Waals surface area (Å²) in [5, 5.41) is 0. The van der Waals surface area contributed by atoms with Gasteiger partial charge in [-0.3, -0.25) is 14.5 Å². The second-order valence-electron chi connectivity index (χ2n) is 8.45. The van der Waals surface area contributed by atoms with Crippen molar-refractivity contribution in [2.75, 3.05) is 32.7 Å². The van der Waals surface area contributed by atoms with E-state index in [4.69, 9.17) is 0 Å². The number of carbonyl (C=O) groups is 2. The molecule has 4 rings (SSSR count).